The molecule has 2 bridgehead atoms. The molecule has 28 heavy (non-hydrogen) atoms. The van der Waals surface area contributed by atoms with Crippen molar-refractivity contribution in [3.05, 3.63) is 41.5 Å². The first kappa shape index (κ1) is 17.7. The first-order chi connectivity index (χ1) is 13.6. The Labute approximate surface area is 165 Å². The Morgan fingerprint density at radius 2 is 2.25 bits per heavy atom. The lowest BCUT2D eigenvalue weighted by atomic mass is 9.52. The van der Waals surface area contributed by atoms with Gasteiger partial charge in [-0.3, -0.25) is 4.79 Å². The van der Waals surface area contributed by atoms with Crippen LogP contribution in [0.1, 0.15) is 53.7 Å². The molecule has 6 heteroatoms. The minimum absolute atomic E-state index is 0.197. The highest BCUT2D eigenvalue weighted by molar-refractivity contribution is 6.03. The Morgan fingerprint density at radius 1 is 1.36 bits per heavy atom. The molecule has 2 aromatic rings. The van der Waals surface area contributed by atoms with Crippen molar-refractivity contribution in [1.82, 2.24) is 14.9 Å². The van der Waals surface area contributed by atoms with Gasteiger partial charge in [0.05, 0.1) is 25.3 Å². The van der Waals surface area contributed by atoms with Crippen molar-refractivity contribution in [3.63, 3.8) is 0 Å². The van der Waals surface area contributed by atoms with Crippen LogP contribution in [0.15, 0.2) is 24.7 Å². The summed E-state index contributed by atoms with van der Waals surface area (Å²) in [5.74, 6) is 1.29. The Morgan fingerprint density at radius 3 is 3.04 bits per heavy atom. The number of amides is 1. The number of nitrogens with zero attached hydrogens (tertiary/aromatic N) is 2. The molecule has 1 saturated carbocycles. The van der Waals surface area contributed by atoms with Crippen molar-refractivity contribution < 1.29 is 9.53 Å². The number of piperidine rings is 1. The molecule has 1 aromatic carbocycles. The summed E-state index contributed by atoms with van der Waals surface area (Å²) in [6, 6.07) is 4.98. The average Bonchev–Trinajstić information content (AvgIpc) is 3.25. The zero-order valence-electron chi connectivity index (χ0n) is 16.6. The van der Waals surface area contributed by atoms with Gasteiger partial charge in [-0.2, -0.15) is 0 Å². The monoisotopic (exact) mass is 380 g/mol. The summed E-state index contributed by atoms with van der Waals surface area (Å²) >= 11 is 0. The molecule has 1 aromatic heterocycles. The van der Waals surface area contributed by atoms with Gasteiger partial charge in [0, 0.05) is 11.5 Å². The predicted molar refractivity (Wildman–Crippen MR) is 108 cm³/mol. The Balaban J connectivity index is 1.57. The van der Waals surface area contributed by atoms with Crippen LogP contribution in [-0.2, 0) is 11.8 Å². The van der Waals surface area contributed by atoms with Crippen molar-refractivity contribution in [2.24, 2.45) is 5.92 Å². The molecule has 3 aliphatic rings. The van der Waals surface area contributed by atoms with Gasteiger partial charge >= 0.3 is 0 Å². The number of benzene rings is 1. The fourth-order valence-electron chi connectivity index (χ4n) is 6.07. The molecule has 2 fully saturated rings. The van der Waals surface area contributed by atoms with Crippen LogP contribution < -0.4 is 10.1 Å². The molecule has 148 valence electrons. The van der Waals surface area contributed by atoms with Crippen LogP contribution in [0, 0.1) is 5.92 Å². The summed E-state index contributed by atoms with van der Waals surface area (Å²) < 4.78 is 5.71. The SMILES string of the molecule is COc1cc2c(cc1NC(=O)c1cnc[nH]1)C[C@H]1C3CCCC[C@@]23CCN1C. The number of H-pyrrole nitrogens is 1. The lowest BCUT2D eigenvalue weighted by molar-refractivity contribution is 0.00277. The number of anilines is 1. The van der Waals surface area contributed by atoms with Gasteiger partial charge in [-0.05, 0) is 68.5 Å². The van der Waals surface area contributed by atoms with E-state index in [9.17, 15) is 4.79 Å². The lowest BCUT2D eigenvalue weighted by Gasteiger charge is -2.58. The van der Waals surface area contributed by atoms with E-state index >= 15 is 0 Å². The molecule has 1 aliphatic heterocycles. The van der Waals surface area contributed by atoms with E-state index in [-0.39, 0.29) is 11.3 Å². The molecule has 2 aliphatic carbocycles. The maximum absolute atomic E-state index is 12.5. The number of likely N-dealkylation sites (tertiary alicyclic amines) is 1. The van der Waals surface area contributed by atoms with Gasteiger partial charge < -0.3 is 19.9 Å². The summed E-state index contributed by atoms with van der Waals surface area (Å²) in [4.78, 5) is 21.9. The number of hydrogen-bond acceptors (Lipinski definition) is 4. The van der Waals surface area contributed by atoms with Crippen molar-refractivity contribution in [1.29, 1.82) is 0 Å². The fraction of sp³-hybridized carbons (Fsp3) is 0.545. The van der Waals surface area contributed by atoms with Crippen molar-refractivity contribution in [2.75, 3.05) is 26.0 Å². The van der Waals surface area contributed by atoms with Crippen LogP contribution in [0.3, 0.4) is 0 Å². The fourth-order valence-corrected chi connectivity index (χ4v) is 6.07. The smallest absolute Gasteiger partial charge is 0.273 e. The number of rotatable bonds is 3. The number of likely N-dealkylation sites (N-methyl/N-ethyl adjacent to an activating group) is 1. The van der Waals surface area contributed by atoms with Gasteiger partial charge in [0.1, 0.15) is 11.4 Å². The Bertz CT molecular complexity index is 894. The minimum atomic E-state index is -0.197. The maximum atomic E-state index is 12.5. The van der Waals surface area contributed by atoms with E-state index in [0.29, 0.717) is 11.7 Å². The summed E-state index contributed by atoms with van der Waals surface area (Å²) in [5.41, 5.74) is 4.31. The second-order valence-corrected chi connectivity index (χ2v) is 8.64. The van der Waals surface area contributed by atoms with Crippen LogP contribution in [0.25, 0.3) is 0 Å². The van der Waals surface area contributed by atoms with Crippen LogP contribution in [-0.4, -0.2) is 47.5 Å². The summed E-state index contributed by atoms with van der Waals surface area (Å²) in [6.45, 7) is 1.17. The number of ether oxygens (including phenoxy) is 1. The first-order valence-electron chi connectivity index (χ1n) is 10.3. The summed E-state index contributed by atoms with van der Waals surface area (Å²) in [7, 11) is 3.96. The van der Waals surface area contributed by atoms with Gasteiger partial charge in [0.25, 0.3) is 5.91 Å². The Hall–Kier alpha value is -2.34. The normalized spacial score (nSPS) is 28.9. The molecule has 0 radical (unpaired) electrons. The topological polar surface area (TPSA) is 70.2 Å². The van der Waals surface area contributed by atoms with E-state index in [2.05, 4.69) is 39.4 Å². The molecule has 5 rings (SSSR count). The van der Waals surface area contributed by atoms with Crippen LogP contribution >= 0.6 is 0 Å². The molecular weight excluding hydrogens is 352 g/mol. The van der Waals surface area contributed by atoms with Gasteiger partial charge in [-0.15, -0.1) is 0 Å². The molecular formula is C22H28N4O2. The zero-order valence-corrected chi connectivity index (χ0v) is 16.6. The van der Waals surface area contributed by atoms with Crippen LogP contribution in [0.5, 0.6) is 5.75 Å². The minimum Gasteiger partial charge on any atom is -0.495 e. The molecule has 1 amide bonds. The number of aromatic nitrogens is 2. The van der Waals surface area contributed by atoms with Gasteiger partial charge in [-0.25, -0.2) is 4.98 Å². The number of fused-ring (bicyclic) bond motifs is 1. The highest BCUT2D eigenvalue weighted by atomic mass is 16.5. The number of carbonyl (C=O) groups excluding carboxylic acids is 1. The average molecular weight is 380 g/mol. The summed E-state index contributed by atoms with van der Waals surface area (Å²) in [5, 5.41) is 3.01. The van der Waals surface area contributed by atoms with Crippen molar-refractivity contribution >= 4 is 11.6 Å². The molecule has 6 nitrogen and oxygen atoms in total. The molecule has 1 saturated heterocycles. The summed E-state index contributed by atoms with van der Waals surface area (Å²) in [6.07, 6.45) is 10.6. The number of imidazole rings is 1. The largest absolute Gasteiger partial charge is 0.495 e. The van der Waals surface area contributed by atoms with E-state index in [4.69, 9.17) is 4.74 Å². The number of aromatic amines is 1. The second kappa shape index (κ2) is 6.62. The van der Waals surface area contributed by atoms with Crippen molar-refractivity contribution in [3.8, 4) is 5.75 Å². The van der Waals surface area contributed by atoms with E-state index in [1.54, 1.807) is 7.11 Å². The van der Waals surface area contributed by atoms with E-state index in [0.717, 1.165) is 23.8 Å². The quantitative estimate of drug-likeness (QED) is 0.857. The molecule has 2 N–H and O–H groups in total. The third-order valence-electron chi connectivity index (χ3n) is 7.42. The molecule has 1 unspecified atom stereocenters. The maximum Gasteiger partial charge on any atom is 0.273 e. The highest BCUT2D eigenvalue weighted by Crippen LogP contribution is 2.56. The Kier molecular flexibility index (Phi) is 4.19. The third-order valence-corrected chi connectivity index (χ3v) is 7.42. The first-order valence-corrected chi connectivity index (χ1v) is 10.3. The van der Waals surface area contributed by atoms with Crippen LogP contribution in [0.2, 0.25) is 0 Å². The predicted octanol–water partition coefficient (Wildman–Crippen LogP) is 3.36. The standard InChI is InChI=1S/C22H28N4O2/c1-26-8-7-22-6-4-3-5-15(22)19(26)10-14-9-17(20(28-2)11-16(14)22)25-21(27)18-12-23-13-24-18/h9,11-13,15,19H,3-8,10H2,1-2H3,(H,23,24)(H,25,27)/t15?,19-,22-/m0/s1. The van der Waals surface area contributed by atoms with E-state index < -0.39 is 0 Å². The number of carbonyl (C=O) groups is 1. The van der Waals surface area contributed by atoms with Crippen molar-refractivity contribution in [2.45, 2.75) is 50.0 Å². The number of methoxy groups -OCH3 is 1. The molecule has 3 atom stereocenters. The van der Waals surface area contributed by atoms with E-state index in [1.807, 2.05) is 0 Å². The van der Waals surface area contributed by atoms with Gasteiger partial charge in [-0.1, -0.05) is 12.8 Å². The number of hydrogen-bond donors (Lipinski definition) is 2. The highest BCUT2D eigenvalue weighted by Gasteiger charge is 2.53. The number of nitrogens with one attached hydrogen (secondary N) is 2. The zero-order chi connectivity index (χ0) is 19.3. The lowest BCUT2D eigenvalue weighted by Crippen LogP contribution is -2.59. The van der Waals surface area contributed by atoms with Gasteiger partial charge in [0.2, 0.25) is 0 Å². The third kappa shape index (κ3) is 2.58. The second-order valence-electron chi connectivity index (χ2n) is 8.64. The molecule has 2 heterocycles. The van der Waals surface area contributed by atoms with Crippen LogP contribution in [0.4, 0.5) is 5.69 Å². The molecule has 0 spiro atoms. The van der Waals surface area contributed by atoms with E-state index in [1.165, 1.54) is 62.3 Å². The van der Waals surface area contributed by atoms with Gasteiger partial charge in [0.15, 0.2) is 0 Å².